The predicted octanol–water partition coefficient (Wildman–Crippen LogP) is 5.12. The molecule has 1 N–H and O–H groups in total. The van der Waals surface area contributed by atoms with E-state index in [9.17, 15) is 9.59 Å². The average Bonchev–Trinajstić information content (AvgIpc) is 3.13. The van der Waals surface area contributed by atoms with Gasteiger partial charge in [0, 0.05) is 46.8 Å². The standard InChI is InChI=1S/C28H33Cl2N3O3/c1-19-4-2-7-23(14-19)33(18-26(34)32-10-12-36-13-11-32)28(17-20-5-3-6-21(29)15-20)24-9-8-22(30)16-25(24)31-27(28)35/h3,5-6,8-9,15-16,19,23H,2,4,7,10-14,17-18H2,1H3,(H,31,35). The zero-order valence-corrected chi connectivity index (χ0v) is 22.2. The van der Waals surface area contributed by atoms with Crippen LogP contribution in [0.5, 0.6) is 0 Å². The number of morpholine rings is 1. The Kier molecular flexibility index (Phi) is 7.59. The van der Waals surface area contributed by atoms with Crippen molar-refractivity contribution >= 4 is 40.7 Å². The molecule has 36 heavy (non-hydrogen) atoms. The summed E-state index contributed by atoms with van der Waals surface area (Å²) in [5.74, 6) is 0.451. The fourth-order valence-electron chi connectivity index (χ4n) is 6.15. The van der Waals surface area contributed by atoms with E-state index in [4.69, 9.17) is 27.9 Å². The molecule has 3 unspecified atom stereocenters. The second-order valence-electron chi connectivity index (χ2n) is 10.4. The van der Waals surface area contributed by atoms with Crippen LogP contribution in [0, 0.1) is 5.92 Å². The summed E-state index contributed by atoms with van der Waals surface area (Å²) < 4.78 is 5.47. The maximum atomic E-state index is 14.1. The van der Waals surface area contributed by atoms with Crippen LogP contribution in [-0.4, -0.2) is 60.5 Å². The first-order chi connectivity index (χ1) is 17.4. The molecule has 2 aliphatic heterocycles. The van der Waals surface area contributed by atoms with Gasteiger partial charge in [-0.05, 0) is 48.6 Å². The number of nitrogens with zero attached hydrogens (tertiary/aromatic N) is 2. The lowest BCUT2D eigenvalue weighted by molar-refractivity contribution is -0.143. The highest BCUT2D eigenvalue weighted by Crippen LogP contribution is 2.47. The van der Waals surface area contributed by atoms with Gasteiger partial charge in [0.25, 0.3) is 0 Å². The van der Waals surface area contributed by atoms with E-state index >= 15 is 0 Å². The van der Waals surface area contributed by atoms with Gasteiger partial charge in [-0.3, -0.25) is 14.5 Å². The molecule has 1 saturated heterocycles. The Morgan fingerprint density at radius 1 is 1.14 bits per heavy atom. The van der Waals surface area contributed by atoms with E-state index in [0.717, 1.165) is 30.4 Å². The van der Waals surface area contributed by atoms with Crippen molar-refractivity contribution in [3.63, 3.8) is 0 Å². The first-order valence-electron chi connectivity index (χ1n) is 12.8. The second kappa shape index (κ2) is 10.7. The number of halogens is 2. The molecule has 5 rings (SSSR count). The number of anilines is 1. The summed E-state index contributed by atoms with van der Waals surface area (Å²) in [7, 11) is 0. The minimum Gasteiger partial charge on any atom is -0.378 e. The van der Waals surface area contributed by atoms with Crippen LogP contribution in [0.4, 0.5) is 5.69 Å². The third-order valence-electron chi connectivity index (χ3n) is 7.91. The maximum Gasteiger partial charge on any atom is 0.249 e. The Hall–Kier alpha value is -2.12. The number of fused-ring (bicyclic) bond motifs is 1. The average molecular weight is 530 g/mol. The zero-order chi connectivity index (χ0) is 25.3. The third-order valence-corrected chi connectivity index (χ3v) is 8.38. The molecule has 1 aliphatic carbocycles. The third kappa shape index (κ3) is 5.01. The summed E-state index contributed by atoms with van der Waals surface area (Å²) in [5.41, 5.74) is 1.48. The number of rotatable bonds is 6. The van der Waals surface area contributed by atoms with Crippen LogP contribution >= 0.6 is 23.2 Å². The first-order valence-corrected chi connectivity index (χ1v) is 13.6. The summed E-state index contributed by atoms with van der Waals surface area (Å²) in [6.07, 6.45) is 4.56. The van der Waals surface area contributed by atoms with Gasteiger partial charge in [-0.1, -0.05) is 61.2 Å². The molecular weight excluding hydrogens is 497 g/mol. The first kappa shape index (κ1) is 25.5. The van der Waals surface area contributed by atoms with Crippen LogP contribution in [0.1, 0.15) is 43.7 Å². The molecular formula is C28H33Cl2N3O3. The highest BCUT2D eigenvalue weighted by molar-refractivity contribution is 6.31. The number of carbonyl (C=O) groups excluding carboxylic acids is 2. The minimum atomic E-state index is -1.05. The highest BCUT2D eigenvalue weighted by atomic mass is 35.5. The van der Waals surface area contributed by atoms with Crippen LogP contribution in [-0.2, 0) is 26.3 Å². The molecule has 2 heterocycles. The van der Waals surface area contributed by atoms with Crippen molar-refractivity contribution < 1.29 is 14.3 Å². The molecule has 2 amide bonds. The van der Waals surface area contributed by atoms with E-state index in [0.29, 0.717) is 54.4 Å². The van der Waals surface area contributed by atoms with Crippen molar-refractivity contribution in [2.45, 2.75) is 50.6 Å². The van der Waals surface area contributed by atoms with Gasteiger partial charge in [-0.15, -0.1) is 0 Å². The fourth-order valence-corrected chi connectivity index (χ4v) is 6.54. The molecule has 8 heteroatoms. The number of carbonyl (C=O) groups is 2. The Morgan fingerprint density at radius 3 is 2.67 bits per heavy atom. The highest BCUT2D eigenvalue weighted by Gasteiger charge is 2.54. The number of benzene rings is 2. The molecule has 0 radical (unpaired) electrons. The molecule has 0 bridgehead atoms. The van der Waals surface area contributed by atoms with Crippen LogP contribution in [0.15, 0.2) is 42.5 Å². The van der Waals surface area contributed by atoms with E-state index < -0.39 is 5.54 Å². The number of ether oxygens (including phenoxy) is 1. The molecule has 2 aromatic carbocycles. The van der Waals surface area contributed by atoms with Crippen molar-refractivity contribution in [3.05, 3.63) is 63.6 Å². The summed E-state index contributed by atoms with van der Waals surface area (Å²) in [6, 6.07) is 13.3. The summed E-state index contributed by atoms with van der Waals surface area (Å²) in [5, 5.41) is 4.29. The van der Waals surface area contributed by atoms with Crippen LogP contribution in [0.2, 0.25) is 10.0 Å². The van der Waals surface area contributed by atoms with E-state index in [1.807, 2.05) is 41.3 Å². The molecule has 1 saturated carbocycles. The number of hydrogen-bond donors (Lipinski definition) is 1. The normalized spacial score (nSPS) is 26.1. The number of nitrogens with one attached hydrogen (secondary N) is 1. The molecule has 3 atom stereocenters. The van der Waals surface area contributed by atoms with E-state index in [2.05, 4.69) is 17.1 Å². The molecule has 2 fully saturated rings. The SMILES string of the molecule is CC1CCCC(N(CC(=O)N2CCOCC2)C2(Cc3cccc(Cl)c3)C(=O)Nc3cc(Cl)ccc32)C1. The number of hydrogen-bond acceptors (Lipinski definition) is 4. The maximum absolute atomic E-state index is 14.1. The number of amides is 2. The predicted molar refractivity (Wildman–Crippen MR) is 142 cm³/mol. The quantitative estimate of drug-likeness (QED) is 0.563. The molecule has 6 nitrogen and oxygen atoms in total. The van der Waals surface area contributed by atoms with Gasteiger partial charge in [-0.25, -0.2) is 0 Å². The Bertz CT molecular complexity index is 1140. The van der Waals surface area contributed by atoms with Crippen LogP contribution < -0.4 is 5.32 Å². The minimum absolute atomic E-state index is 0.0391. The van der Waals surface area contributed by atoms with Gasteiger partial charge in [0.05, 0.1) is 19.8 Å². The van der Waals surface area contributed by atoms with Crippen molar-refractivity contribution in [1.82, 2.24) is 9.80 Å². The van der Waals surface area contributed by atoms with E-state index in [1.54, 1.807) is 6.07 Å². The van der Waals surface area contributed by atoms with Crippen LogP contribution in [0.3, 0.4) is 0 Å². The van der Waals surface area contributed by atoms with Gasteiger partial charge in [-0.2, -0.15) is 0 Å². The van der Waals surface area contributed by atoms with E-state index in [1.165, 1.54) is 6.42 Å². The monoisotopic (exact) mass is 529 g/mol. The lowest BCUT2D eigenvalue weighted by Gasteiger charge is -2.47. The summed E-state index contributed by atoms with van der Waals surface area (Å²) in [4.78, 5) is 31.8. The van der Waals surface area contributed by atoms with Crippen LogP contribution in [0.25, 0.3) is 0 Å². The summed E-state index contributed by atoms with van der Waals surface area (Å²) in [6.45, 7) is 4.68. The molecule has 2 aromatic rings. The fraction of sp³-hybridized carbons (Fsp3) is 0.500. The van der Waals surface area contributed by atoms with Gasteiger partial charge < -0.3 is 15.0 Å². The molecule has 0 aromatic heterocycles. The lowest BCUT2D eigenvalue weighted by atomic mass is 9.78. The van der Waals surface area contributed by atoms with E-state index in [-0.39, 0.29) is 24.4 Å². The van der Waals surface area contributed by atoms with Crippen molar-refractivity contribution in [2.24, 2.45) is 5.92 Å². The van der Waals surface area contributed by atoms with Gasteiger partial charge in [0.15, 0.2) is 0 Å². The lowest BCUT2D eigenvalue weighted by Crippen LogP contribution is -2.60. The van der Waals surface area contributed by atoms with Gasteiger partial charge >= 0.3 is 0 Å². The Morgan fingerprint density at radius 2 is 1.92 bits per heavy atom. The summed E-state index contributed by atoms with van der Waals surface area (Å²) >= 11 is 12.7. The molecule has 192 valence electrons. The van der Waals surface area contributed by atoms with Crippen molar-refractivity contribution in [2.75, 3.05) is 38.2 Å². The Balaban J connectivity index is 1.62. The van der Waals surface area contributed by atoms with Gasteiger partial charge in [0.1, 0.15) is 5.54 Å². The smallest absolute Gasteiger partial charge is 0.249 e. The molecule has 3 aliphatic rings. The second-order valence-corrected chi connectivity index (χ2v) is 11.2. The molecule has 0 spiro atoms. The van der Waals surface area contributed by atoms with Crippen molar-refractivity contribution in [3.8, 4) is 0 Å². The van der Waals surface area contributed by atoms with Crippen molar-refractivity contribution in [1.29, 1.82) is 0 Å². The zero-order valence-electron chi connectivity index (χ0n) is 20.6. The largest absolute Gasteiger partial charge is 0.378 e. The topological polar surface area (TPSA) is 61.9 Å². The Labute approximate surface area is 222 Å². The van der Waals surface area contributed by atoms with Gasteiger partial charge in [0.2, 0.25) is 11.8 Å².